The molecule has 1 saturated carbocycles. The van der Waals surface area contributed by atoms with Crippen LogP contribution in [0.5, 0.6) is 11.5 Å². The van der Waals surface area contributed by atoms with Crippen molar-refractivity contribution >= 4 is 0 Å². The van der Waals surface area contributed by atoms with Crippen molar-refractivity contribution in [1.29, 1.82) is 0 Å². The Balaban J connectivity index is 2.42. The Morgan fingerprint density at radius 2 is 1.94 bits per heavy atom. The van der Waals surface area contributed by atoms with E-state index in [-0.39, 0.29) is 12.2 Å². The molecule has 3 nitrogen and oxygen atoms in total. The quantitative estimate of drug-likeness (QED) is 0.879. The third-order valence-corrected chi connectivity index (χ3v) is 3.02. The topological polar surface area (TPSA) is 49.7 Å². The largest absolute Gasteiger partial charge is 0.504 e. The molecule has 1 aliphatic rings. The van der Waals surface area contributed by atoms with Crippen molar-refractivity contribution in [2.75, 3.05) is 7.11 Å². The van der Waals surface area contributed by atoms with Crippen molar-refractivity contribution in [2.24, 2.45) is 0 Å². The number of alkyl halides is 3. The Morgan fingerprint density at radius 1 is 1.33 bits per heavy atom. The van der Waals surface area contributed by atoms with Crippen molar-refractivity contribution in [1.82, 2.24) is 0 Å². The van der Waals surface area contributed by atoms with Gasteiger partial charge < -0.3 is 14.9 Å². The van der Waals surface area contributed by atoms with Crippen LogP contribution in [0, 0.1) is 0 Å². The summed E-state index contributed by atoms with van der Waals surface area (Å²) in [5.74, 6) is -1.15. The van der Waals surface area contributed by atoms with Crippen LogP contribution in [-0.2, 0) is 12.6 Å². The number of rotatable bonds is 3. The number of phenols is 1. The zero-order chi connectivity index (χ0) is 13.6. The molecule has 1 fully saturated rings. The number of halogens is 3. The summed E-state index contributed by atoms with van der Waals surface area (Å²) in [6.07, 6.45) is -3.36. The molecule has 1 aromatic rings. The molecule has 2 rings (SSSR count). The van der Waals surface area contributed by atoms with Crippen LogP contribution in [0.25, 0.3) is 0 Å². The number of aromatic hydroxyl groups is 1. The third-order valence-electron chi connectivity index (χ3n) is 3.02. The number of phenolic OH excluding ortho intramolecular Hbond substituents is 1. The molecule has 0 bridgehead atoms. The lowest BCUT2D eigenvalue weighted by atomic mass is 10.0. The van der Waals surface area contributed by atoms with Crippen molar-refractivity contribution in [3.8, 4) is 11.5 Å². The van der Waals surface area contributed by atoms with Gasteiger partial charge in [0.25, 0.3) is 0 Å². The first-order chi connectivity index (χ1) is 8.25. The number of aliphatic hydroxyl groups is 1. The Kier molecular flexibility index (Phi) is 2.93. The number of methoxy groups -OCH3 is 1. The second-order valence-corrected chi connectivity index (χ2v) is 4.59. The summed E-state index contributed by atoms with van der Waals surface area (Å²) in [6.45, 7) is 0. The Morgan fingerprint density at radius 3 is 2.39 bits per heavy atom. The first-order valence-corrected chi connectivity index (χ1v) is 5.45. The maximum atomic E-state index is 12.7. The molecule has 0 saturated heterocycles. The van der Waals surface area contributed by atoms with Crippen LogP contribution >= 0.6 is 0 Å². The highest BCUT2D eigenvalue weighted by atomic mass is 19.4. The minimum absolute atomic E-state index is 0.132. The van der Waals surface area contributed by atoms with Crippen LogP contribution < -0.4 is 4.74 Å². The SMILES string of the molecule is COc1cc(CC2(O)CC2)cc(C(F)(F)F)c1O. The van der Waals surface area contributed by atoms with Gasteiger partial charge >= 0.3 is 6.18 Å². The fraction of sp³-hybridized carbons (Fsp3) is 0.500. The summed E-state index contributed by atoms with van der Waals surface area (Å²) >= 11 is 0. The minimum Gasteiger partial charge on any atom is -0.504 e. The molecule has 2 N–H and O–H groups in total. The highest BCUT2D eigenvalue weighted by molar-refractivity contribution is 5.50. The Hall–Kier alpha value is -1.43. The van der Waals surface area contributed by atoms with Crippen LogP contribution in [0.2, 0.25) is 0 Å². The highest BCUT2D eigenvalue weighted by Crippen LogP contribution is 2.44. The average molecular weight is 262 g/mol. The van der Waals surface area contributed by atoms with Gasteiger partial charge in [-0.25, -0.2) is 0 Å². The fourth-order valence-corrected chi connectivity index (χ4v) is 1.84. The van der Waals surface area contributed by atoms with E-state index < -0.39 is 23.1 Å². The van der Waals surface area contributed by atoms with Gasteiger partial charge in [0.15, 0.2) is 11.5 Å². The van der Waals surface area contributed by atoms with Gasteiger partial charge in [-0.1, -0.05) is 0 Å². The van der Waals surface area contributed by atoms with Gasteiger partial charge in [-0.2, -0.15) is 13.2 Å². The summed E-state index contributed by atoms with van der Waals surface area (Å²) < 4.78 is 42.9. The van der Waals surface area contributed by atoms with E-state index in [1.165, 1.54) is 13.2 Å². The molecule has 18 heavy (non-hydrogen) atoms. The zero-order valence-corrected chi connectivity index (χ0v) is 9.71. The van der Waals surface area contributed by atoms with Crippen LogP contribution in [0.1, 0.15) is 24.0 Å². The molecule has 0 aromatic heterocycles. The van der Waals surface area contributed by atoms with Crippen molar-refractivity contribution < 1.29 is 28.1 Å². The molecular weight excluding hydrogens is 249 g/mol. The smallest absolute Gasteiger partial charge is 0.420 e. The van der Waals surface area contributed by atoms with E-state index in [0.717, 1.165) is 6.07 Å². The first kappa shape index (κ1) is 13.0. The summed E-state index contributed by atoms with van der Waals surface area (Å²) in [4.78, 5) is 0. The number of ether oxygens (including phenoxy) is 1. The van der Waals surface area contributed by atoms with E-state index >= 15 is 0 Å². The van der Waals surface area contributed by atoms with Gasteiger partial charge in [-0.3, -0.25) is 0 Å². The van der Waals surface area contributed by atoms with Crippen LogP contribution in [0.3, 0.4) is 0 Å². The summed E-state index contributed by atoms with van der Waals surface area (Å²) in [7, 11) is 1.19. The monoisotopic (exact) mass is 262 g/mol. The molecule has 1 aliphatic carbocycles. The van der Waals surface area contributed by atoms with Crippen molar-refractivity contribution in [3.05, 3.63) is 23.3 Å². The lowest BCUT2D eigenvalue weighted by Crippen LogP contribution is -2.13. The Labute approximate surface area is 102 Å². The van der Waals surface area contributed by atoms with Crippen molar-refractivity contribution in [3.63, 3.8) is 0 Å². The standard InChI is InChI=1S/C12H13F3O3/c1-18-9-5-7(6-11(17)2-3-11)4-8(10(9)16)12(13,14)15/h4-5,16-17H,2-3,6H2,1H3. The van der Waals surface area contributed by atoms with Gasteiger partial charge in [0.2, 0.25) is 0 Å². The van der Waals surface area contributed by atoms with Gasteiger partial charge in [0, 0.05) is 6.42 Å². The number of benzene rings is 1. The highest BCUT2D eigenvalue weighted by Gasteiger charge is 2.41. The van der Waals surface area contributed by atoms with E-state index in [2.05, 4.69) is 0 Å². The predicted octanol–water partition coefficient (Wildman–Crippen LogP) is 2.49. The van der Waals surface area contributed by atoms with Gasteiger partial charge in [0.05, 0.1) is 12.7 Å². The normalized spacial score (nSPS) is 17.6. The third kappa shape index (κ3) is 2.53. The van der Waals surface area contributed by atoms with Gasteiger partial charge in [-0.15, -0.1) is 0 Å². The average Bonchev–Trinajstić information content (AvgIpc) is 2.97. The van der Waals surface area contributed by atoms with E-state index in [4.69, 9.17) is 4.74 Å². The molecule has 1 aromatic carbocycles. The molecule has 0 heterocycles. The van der Waals surface area contributed by atoms with E-state index in [9.17, 15) is 23.4 Å². The summed E-state index contributed by atoms with van der Waals surface area (Å²) in [5.41, 5.74) is -1.73. The lowest BCUT2D eigenvalue weighted by Gasteiger charge is -2.15. The molecule has 0 radical (unpaired) electrons. The van der Waals surface area contributed by atoms with Gasteiger partial charge in [0.1, 0.15) is 5.56 Å². The van der Waals surface area contributed by atoms with E-state index in [1.807, 2.05) is 0 Å². The van der Waals surface area contributed by atoms with Crippen molar-refractivity contribution in [2.45, 2.75) is 31.0 Å². The summed E-state index contributed by atoms with van der Waals surface area (Å²) in [5, 5.41) is 19.2. The van der Waals surface area contributed by atoms with Crippen LogP contribution in [-0.4, -0.2) is 22.9 Å². The number of hydrogen-bond acceptors (Lipinski definition) is 3. The lowest BCUT2D eigenvalue weighted by molar-refractivity contribution is -0.139. The predicted molar refractivity (Wildman–Crippen MR) is 57.5 cm³/mol. The Bertz CT molecular complexity index is 464. The molecule has 0 spiro atoms. The fourth-order valence-electron chi connectivity index (χ4n) is 1.84. The maximum Gasteiger partial charge on any atom is 0.420 e. The van der Waals surface area contributed by atoms with E-state index in [0.29, 0.717) is 18.4 Å². The second kappa shape index (κ2) is 4.05. The molecular formula is C12H13F3O3. The zero-order valence-electron chi connectivity index (χ0n) is 9.71. The molecule has 0 atom stereocenters. The van der Waals surface area contributed by atoms with Crippen LogP contribution in [0.15, 0.2) is 12.1 Å². The molecule has 0 aliphatic heterocycles. The molecule has 6 heteroatoms. The molecule has 100 valence electrons. The summed E-state index contributed by atoms with van der Waals surface area (Å²) in [6, 6.07) is 2.18. The van der Waals surface area contributed by atoms with Gasteiger partial charge in [-0.05, 0) is 30.5 Å². The number of hydrogen-bond donors (Lipinski definition) is 2. The molecule has 0 unspecified atom stereocenters. The maximum absolute atomic E-state index is 12.7. The minimum atomic E-state index is -4.65. The molecule has 0 amide bonds. The second-order valence-electron chi connectivity index (χ2n) is 4.59. The van der Waals surface area contributed by atoms with E-state index in [1.54, 1.807) is 0 Å². The first-order valence-electron chi connectivity index (χ1n) is 5.45. The van der Waals surface area contributed by atoms with Crippen LogP contribution in [0.4, 0.5) is 13.2 Å².